The number of carbonyl (C=O) groups is 1. The monoisotopic (exact) mass is 328 g/mol. The first-order valence-corrected chi connectivity index (χ1v) is 8.57. The van der Waals surface area contributed by atoms with Crippen molar-refractivity contribution < 1.29 is 9.53 Å². The highest BCUT2D eigenvalue weighted by molar-refractivity contribution is 5.89. The van der Waals surface area contributed by atoms with E-state index in [2.05, 4.69) is 20.8 Å². The maximum absolute atomic E-state index is 11.9. The van der Waals surface area contributed by atoms with E-state index in [1.165, 1.54) is 12.8 Å². The molecule has 1 atom stereocenters. The maximum atomic E-state index is 11.9. The van der Waals surface area contributed by atoms with E-state index in [9.17, 15) is 4.79 Å². The molecule has 128 valence electrons. The van der Waals surface area contributed by atoms with Gasteiger partial charge < -0.3 is 15.4 Å². The van der Waals surface area contributed by atoms with E-state index in [1.807, 2.05) is 30.3 Å². The number of benzene rings is 1. The zero-order chi connectivity index (χ0) is 16.6. The summed E-state index contributed by atoms with van der Waals surface area (Å²) in [6.07, 6.45) is 7.63. The van der Waals surface area contributed by atoms with Gasteiger partial charge in [0.2, 0.25) is 0 Å². The second-order valence-electron chi connectivity index (χ2n) is 6.06. The van der Waals surface area contributed by atoms with Gasteiger partial charge in [-0.05, 0) is 55.9 Å². The van der Waals surface area contributed by atoms with Crippen molar-refractivity contribution in [2.45, 2.75) is 38.2 Å². The maximum Gasteiger partial charge on any atom is 0.319 e. The highest BCUT2D eigenvalue weighted by Crippen LogP contribution is 2.19. The lowest BCUT2D eigenvalue weighted by Crippen LogP contribution is -2.30. The van der Waals surface area contributed by atoms with Crippen LogP contribution in [-0.2, 0) is 4.74 Å². The molecule has 6 heteroatoms. The van der Waals surface area contributed by atoms with Crippen molar-refractivity contribution in [2.24, 2.45) is 0 Å². The zero-order valence-corrected chi connectivity index (χ0v) is 13.8. The second-order valence-corrected chi connectivity index (χ2v) is 6.06. The first kappa shape index (κ1) is 16.5. The number of nitrogens with zero attached hydrogens (tertiary/aromatic N) is 1. The van der Waals surface area contributed by atoms with Crippen molar-refractivity contribution in [3.63, 3.8) is 0 Å². The normalized spacial score (nSPS) is 17.4. The summed E-state index contributed by atoms with van der Waals surface area (Å²) >= 11 is 0. The average Bonchev–Trinajstić information content (AvgIpc) is 3.15. The SMILES string of the molecule is O=C(NCCCC1CCCCO1)Nc1ccc(-c2ccn[nH]2)cc1. The number of carbonyl (C=O) groups excluding carboxylic acids is 1. The van der Waals surface area contributed by atoms with Crippen LogP contribution in [0.4, 0.5) is 10.5 Å². The topological polar surface area (TPSA) is 79.0 Å². The molecule has 1 aromatic heterocycles. The number of anilines is 1. The number of hydrogen-bond acceptors (Lipinski definition) is 3. The smallest absolute Gasteiger partial charge is 0.319 e. The van der Waals surface area contributed by atoms with Crippen LogP contribution in [0.5, 0.6) is 0 Å². The van der Waals surface area contributed by atoms with Crippen molar-refractivity contribution in [3.8, 4) is 11.3 Å². The molecule has 1 saturated heterocycles. The van der Waals surface area contributed by atoms with E-state index in [1.54, 1.807) is 6.20 Å². The highest BCUT2D eigenvalue weighted by atomic mass is 16.5. The van der Waals surface area contributed by atoms with Gasteiger partial charge in [-0.25, -0.2) is 4.79 Å². The van der Waals surface area contributed by atoms with Crippen LogP contribution < -0.4 is 10.6 Å². The Morgan fingerprint density at radius 3 is 2.83 bits per heavy atom. The summed E-state index contributed by atoms with van der Waals surface area (Å²) in [5, 5.41) is 12.6. The minimum Gasteiger partial charge on any atom is -0.378 e. The summed E-state index contributed by atoms with van der Waals surface area (Å²) < 4.78 is 5.69. The molecule has 0 aliphatic carbocycles. The molecule has 2 heterocycles. The molecule has 1 aromatic carbocycles. The van der Waals surface area contributed by atoms with Crippen molar-refractivity contribution in [2.75, 3.05) is 18.5 Å². The molecule has 0 radical (unpaired) electrons. The van der Waals surface area contributed by atoms with E-state index < -0.39 is 0 Å². The number of amides is 2. The Hall–Kier alpha value is -2.34. The lowest BCUT2D eigenvalue weighted by atomic mass is 10.0. The quantitative estimate of drug-likeness (QED) is 0.710. The molecular formula is C18H24N4O2. The van der Waals surface area contributed by atoms with E-state index in [-0.39, 0.29) is 6.03 Å². The van der Waals surface area contributed by atoms with Gasteiger partial charge in [0.1, 0.15) is 0 Å². The molecule has 3 rings (SSSR count). The Morgan fingerprint density at radius 2 is 2.12 bits per heavy atom. The molecule has 2 amide bonds. The second kappa shape index (κ2) is 8.49. The van der Waals surface area contributed by atoms with E-state index in [4.69, 9.17) is 4.74 Å². The van der Waals surface area contributed by atoms with Crippen molar-refractivity contribution >= 4 is 11.7 Å². The molecule has 24 heavy (non-hydrogen) atoms. The third kappa shape index (κ3) is 4.83. The molecule has 1 aliphatic heterocycles. The van der Waals surface area contributed by atoms with Crippen LogP contribution in [0, 0.1) is 0 Å². The van der Waals surface area contributed by atoms with Crippen LogP contribution in [0.2, 0.25) is 0 Å². The lowest BCUT2D eigenvalue weighted by Gasteiger charge is -2.22. The van der Waals surface area contributed by atoms with Gasteiger partial charge in [-0.2, -0.15) is 5.10 Å². The van der Waals surface area contributed by atoms with Gasteiger partial charge in [0.25, 0.3) is 0 Å². The molecule has 6 nitrogen and oxygen atoms in total. The summed E-state index contributed by atoms with van der Waals surface area (Å²) in [6, 6.07) is 9.39. The number of ether oxygens (including phenoxy) is 1. The predicted octanol–water partition coefficient (Wildman–Crippen LogP) is 3.55. The third-order valence-corrected chi connectivity index (χ3v) is 4.22. The standard InChI is InChI=1S/C18H24N4O2/c23-18(19-11-3-5-16-4-1-2-13-24-16)21-15-8-6-14(7-9-15)17-10-12-20-22-17/h6-10,12,16H,1-5,11,13H2,(H,20,22)(H2,19,21,23). The Labute approximate surface area is 142 Å². The summed E-state index contributed by atoms with van der Waals surface area (Å²) in [7, 11) is 0. The largest absolute Gasteiger partial charge is 0.378 e. The number of nitrogens with one attached hydrogen (secondary N) is 3. The van der Waals surface area contributed by atoms with Gasteiger partial charge in [-0.1, -0.05) is 12.1 Å². The van der Waals surface area contributed by atoms with Crippen molar-refractivity contribution in [1.82, 2.24) is 15.5 Å². The number of hydrogen-bond donors (Lipinski definition) is 3. The minimum atomic E-state index is -0.172. The Bertz CT molecular complexity index is 619. The molecule has 1 unspecified atom stereocenters. The number of aromatic nitrogens is 2. The molecule has 2 aromatic rings. The summed E-state index contributed by atoms with van der Waals surface area (Å²) in [4.78, 5) is 11.9. The van der Waals surface area contributed by atoms with Crippen LogP contribution >= 0.6 is 0 Å². The molecule has 1 aliphatic rings. The molecule has 0 spiro atoms. The lowest BCUT2D eigenvalue weighted by molar-refractivity contribution is 0.0103. The Morgan fingerprint density at radius 1 is 1.25 bits per heavy atom. The van der Waals surface area contributed by atoms with Crippen LogP contribution in [0.25, 0.3) is 11.3 Å². The molecule has 0 bridgehead atoms. The van der Waals surface area contributed by atoms with Crippen LogP contribution in [0.1, 0.15) is 32.1 Å². The van der Waals surface area contributed by atoms with Gasteiger partial charge in [0.05, 0.1) is 11.8 Å². The van der Waals surface area contributed by atoms with Gasteiger partial charge >= 0.3 is 6.03 Å². The number of aromatic amines is 1. The molecular weight excluding hydrogens is 304 g/mol. The van der Waals surface area contributed by atoms with Gasteiger partial charge in [0.15, 0.2) is 0 Å². The fourth-order valence-electron chi connectivity index (χ4n) is 2.89. The number of rotatable bonds is 6. The summed E-state index contributed by atoms with van der Waals surface area (Å²) in [6.45, 7) is 1.55. The average molecular weight is 328 g/mol. The molecule has 1 fully saturated rings. The first-order chi connectivity index (χ1) is 11.8. The van der Waals surface area contributed by atoms with Crippen LogP contribution in [0.15, 0.2) is 36.5 Å². The van der Waals surface area contributed by atoms with Gasteiger partial charge in [-0.3, -0.25) is 5.10 Å². The fourth-order valence-corrected chi connectivity index (χ4v) is 2.89. The summed E-state index contributed by atoms with van der Waals surface area (Å²) in [5.74, 6) is 0. The van der Waals surface area contributed by atoms with Crippen LogP contribution in [-0.4, -0.2) is 35.5 Å². The zero-order valence-electron chi connectivity index (χ0n) is 13.8. The summed E-state index contributed by atoms with van der Waals surface area (Å²) in [5.41, 5.74) is 2.76. The van der Waals surface area contributed by atoms with Gasteiger partial charge in [0, 0.05) is 25.0 Å². The highest BCUT2D eigenvalue weighted by Gasteiger charge is 2.13. The third-order valence-electron chi connectivity index (χ3n) is 4.22. The van der Waals surface area contributed by atoms with Crippen molar-refractivity contribution in [3.05, 3.63) is 36.5 Å². The Balaban J connectivity index is 1.37. The van der Waals surface area contributed by atoms with Gasteiger partial charge in [-0.15, -0.1) is 0 Å². The van der Waals surface area contributed by atoms with E-state index >= 15 is 0 Å². The Kier molecular flexibility index (Phi) is 5.85. The van der Waals surface area contributed by atoms with Crippen LogP contribution in [0.3, 0.4) is 0 Å². The molecule has 0 saturated carbocycles. The fraction of sp³-hybridized carbons (Fsp3) is 0.444. The van der Waals surface area contributed by atoms with E-state index in [0.717, 1.165) is 42.8 Å². The first-order valence-electron chi connectivity index (χ1n) is 8.57. The number of H-pyrrole nitrogens is 1. The number of urea groups is 1. The van der Waals surface area contributed by atoms with Crippen molar-refractivity contribution in [1.29, 1.82) is 0 Å². The predicted molar refractivity (Wildman–Crippen MR) is 93.9 cm³/mol. The van der Waals surface area contributed by atoms with E-state index in [0.29, 0.717) is 12.6 Å². The molecule has 3 N–H and O–H groups in total. The minimum absolute atomic E-state index is 0.172.